The van der Waals surface area contributed by atoms with E-state index >= 15 is 0 Å². The molecule has 2 aromatic heterocycles. The van der Waals surface area contributed by atoms with E-state index in [0.717, 1.165) is 31.0 Å². The molecule has 1 atom stereocenters. The van der Waals surface area contributed by atoms with Gasteiger partial charge in [0.1, 0.15) is 5.82 Å². The van der Waals surface area contributed by atoms with Gasteiger partial charge < -0.3 is 9.47 Å². The predicted molar refractivity (Wildman–Crippen MR) is 86.7 cm³/mol. The first kappa shape index (κ1) is 15.7. The summed E-state index contributed by atoms with van der Waals surface area (Å²) >= 11 is 0. The zero-order valence-electron chi connectivity index (χ0n) is 14.0. The van der Waals surface area contributed by atoms with E-state index in [9.17, 15) is 4.79 Å². The van der Waals surface area contributed by atoms with Crippen LogP contribution < -0.4 is 0 Å². The standard InChI is InChI=1S/C16H24N6O/c1-4-21-7-8-22(12-14(21)16-17-5-6-19(16)2)15(23)9-13-10-18-20(3)11-13/h5-6,10-11,14H,4,7-9,12H2,1-3H3/t14-/m1/s1. The Hall–Kier alpha value is -2.15. The number of imidazole rings is 1. The molecule has 0 aromatic carbocycles. The Morgan fingerprint density at radius 3 is 2.78 bits per heavy atom. The lowest BCUT2D eigenvalue weighted by Crippen LogP contribution is -2.51. The Labute approximate surface area is 136 Å². The highest BCUT2D eigenvalue weighted by atomic mass is 16.2. The van der Waals surface area contributed by atoms with Gasteiger partial charge >= 0.3 is 0 Å². The van der Waals surface area contributed by atoms with Gasteiger partial charge in [0.25, 0.3) is 0 Å². The zero-order valence-corrected chi connectivity index (χ0v) is 14.0. The average molecular weight is 316 g/mol. The number of hydrogen-bond acceptors (Lipinski definition) is 4. The molecule has 1 aliphatic heterocycles. The molecule has 124 valence electrons. The van der Waals surface area contributed by atoms with Gasteiger partial charge in [0.15, 0.2) is 0 Å². The van der Waals surface area contributed by atoms with Crippen molar-refractivity contribution in [2.24, 2.45) is 14.1 Å². The smallest absolute Gasteiger partial charge is 0.227 e. The van der Waals surface area contributed by atoms with Crippen molar-refractivity contribution < 1.29 is 4.79 Å². The van der Waals surface area contributed by atoms with Gasteiger partial charge in [-0.1, -0.05) is 6.92 Å². The third kappa shape index (κ3) is 3.29. The third-order valence-electron chi connectivity index (χ3n) is 4.52. The second kappa shape index (κ2) is 6.54. The van der Waals surface area contributed by atoms with E-state index in [1.165, 1.54) is 0 Å². The lowest BCUT2D eigenvalue weighted by atomic mass is 10.1. The van der Waals surface area contributed by atoms with Crippen LogP contribution in [0.25, 0.3) is 0 Å². The molecular weight excluding hydrogens is 292 g/mol. The molecule has 0 bridgehead atoms. The van der Waals surface area contributed by atoms with Crippen molar-refractivity contribution in [1.29, 1.82) is 0 Å². The van der Waals surface area contributed by atoms with Crippen molar-refractivity contribution in [3.05, 3.63) is 36.2 Å². The quantitative estimate of drug-likeness (QED) is 0.829. The summed E-state index contributed by atoms with van der Waals surface area (Å²) in [6.45, 7) is 5.46. The lowest BCUT2D eigenvalue weighted by molar-refractivity contribution is -0.133. The Morgan fingerprint density at radius 2 is 2.17 bits per heavy atom. The number of carbonyl (C=O) groups is 1. The minimum atomic E-state index is 0.159. The minimum Gasteiger partial charge on any atom is -0.339 e. The van der Waals surface area contributed by atoms with Crippen LogP contribution in [-0.2, 0) is 25.3 Å². The molecule has 1 amide bonds. The fraction of sp³-hybridized carbons (Fsp3) is 0.562. The molecule has 1 aliphatic rings. The van der Waals surface area contributed by atoms with E-state index in [1.54, 1.807) is 10.9 Å². The van der Waals surface area contributed by atoms with E-state index in [-0.39, 0.29) is 11.9 Å². The monoisotopic (exact) mass is 316 g/mol. The SMILES string of the molecule is CCN1CCN(C(=O)Cc2cnn(C)c2)C[C@@H]1c1nccn1C. The number of rotatable bonds is 4. The number of nitrogens with zero attached hydrogens (tertiary/aromatic N) is 6. The summed E-state index contributed by atoms with van der Waals surface area (Å²) in [5.74, 6) is 1.18. The van der Waals surface area contributed by atoms with Gasteiger partial charge in [-0.3, -0.25) is 14.4 Å². The molecule has 0 saturated carbocycles. The van der Waals surface area contributed by atoms with E-state index in [2.05, 4.69) is 21.9 Å². The molecule has 23 heavy (non-hydrogen) atoms. The zero-order chi connectivity index (χ0) is 16.4. The lowest BCUT2D eigenvalue weighted by Gasteiger charge is -2.40. The first-order valence-corrected chi connectivity index (χ1v) is 8.05. The second-order valence-corrected chi connectivity index (χ2v) is 6.08. The minimum absolute atomic E-state index is 0.159. The van der Waals surface area contributed by atoms with Crippen LogP contribution in [0.4, 0.5) is 0 Å². The summed E-state index contributed by atoms with van der Waals surface area (Å²) in [6, 6.07) is 0.159. The predicted octanol–water partition coefficient (Wildman–Crippen LogP) is 0.602. The van der Waals surface area contributed by atoms with Crippen LogP contribution in [0.1, 0.15) is 24.4 Å². The highest BCUT2D eigenvalue weighted by Gasteiger charge is 2.31. The number of piperazine rings is 1. The van der Waals surface area contributed by atoms with Gasteiger partial charge in [0.05, 0.1) is 18.7 Å². The van der Waals surface area contributed by atoms with E-state index in [0.29, 0.717) is 13.0 Å². The van der Waals surface area contributed by atoms with Crippen LogP contribution in [0.3, 0.4) is 0 Å². The topological polar surface area (TPSA) is 59.2 Å². The van der Waals surface area contributed by atoms with Gasteiger partial charge in [-0.05, 0) is 12.1 Å². The van der Waals surface area contributed by atoms with E-state index < -0.39 is 0 Å². The van der Waals surface area contributed by atoms with Crippen LogP contribution in [-0.4, -0.2) is 61.2 Å². The molecule has 7 heteroatoms. The number of hydrogen-bond donors (Lipinski definition) is 0. The highest BCUT2D eigenvalue weighted by Crippen LogP contribution is 2.24. The Balaban J connectivity index is 1.72. The summed E-state index contributed by atoms with van der Waals surface area (Å²) in [5, 5.41) is 4.13. The Bertz CT molecular complexity index is 676. The molecule has 1 saturated heterocycles. The van der Waals surface area contributed by atoms with Gasteiger partial charge in [-0.25, -0.2) is 4.98 Å². The largest absolute Gasteiger partial charge is 0.339 e. The fourth-order valence-corrected chi connectivity index (χ4v) is 3.22. The van der Waals surface area contributed by atoms with Crippen LogP contribution >= 0.6 is 0 Å². The summed E-state index contributed by atoms with van der Waals surface area (Å²) in [5.41, 5.74) is 0.962. The molecule has 7 nitrogen and oxygen atoms in total. The molecule has 2 aromatic rings. The number of carbonyl (C=O) groups excluding carboxylic acids is 1. The van der Waals surface area contributed by atoms with Crippen molar-refractivity contribution in [3.63, 3.8) is 0 Å². The third-order valence-corrected chi connectivity index (χ3v) is 4.52. The van der Waals surface area contributed by atoms with Crippen molar-refractivity contribution in [1.82, 2.24) is 29.1 Å². The van der Waals surface area contributed by atoms with Crippen molar-refractivity contribution in [2.45, 2.75) is 19.4 Å². The molecule has 0 unspecified atom stereocenters. The van der Waals surface area contributed by atoms with Gasteiger partial charge in [-0.2, -0.15) is 5.10 Å². The molecule has 0 aliphatic carbocycles. The molecule has 0 radical (unpaired) electrons. The first-order valence-electron chi connectivity index (χ1n) is 8.05. The highest BCUT2D eigenvalue weighted by molar-refractivity contribution is 5.78. The maximum atomic E-state index is 12.6. The number of aromatic nitrogens is 4. The van der Waals surface area contributed by atoms with Gasteiger partial charge in [0, 0.05) is 52.3 Å². The van der Waals surface area contributed by atoms with E-state index in [1.807, 2.05) is 42.2 Å². The molecule has 1 fully saturated rings. The summed E-state index contributed by atoms with van der Waals surface area (Å²) < 4.78 is 3.77. The molecule has 0 spiro atoms. The van der Waals surface area contributed by atoms with Crippen molar-refractivity contribution in [2.75, 3.05) is 26.2 Å². The second-order valence-electron chi connectivity index (χ2n) is 6.08. The number of amides is 1. The summed E-state index contributed by atoms with van der Waals surface area (Å²) in [4.78, 5) is 21.4. The maximum Gasteiger partial charge on any atom is 0.227 e. The van der Waals surface area contributed by atoms with Crippen LogP contribution in [0.5, 0.6) is 0 Å². The molecular formula is C16H24N6O. The number of likely N-dealkylation sites (N-methyl/N-ethyl adjacent to an activating group) is 1. The summed E-state index contributed by atoms with van der Waals surface area (Å²) in [7, 11) is 3.87. The van der Waals surface area contributed by atoms with Crippen LogP contribution in [0.2, 0.25) is 0 Å². The summed E-state index contributed by atoms with van der Waals surface area (Å²) in [6.07, 6.45) is 7.85. The fourth-order valence-electron chi connectivity index (χ4n) is 3.22. The van der Waals surface area contributed by atoms with Gasteiger partial charge in [0.2, 0.25) is 5.91 Å². The number of aryl methyl sites for hydroxylation is 2. The maximum absolute atomic E-state index is 12.6. The van der Waals surface area contributed by atoms with Crippen molar-refractivity contribution >= 4 is 5.91 Å². The first-order chi connectivity index (χ1) is 11.1. The molecule has 3 heterocycles. The molecule has 3 rings (SSSR count). The van der Waals surface area contributed by atoms with Crippen LogP contribution in [0, 0.1) is 0 Å². The van der Waals surface area contributed by atoms with Crippen LogP contribution in [0.15, 0.2) is 24.8 Å². The average Bonchev–Trinajstić information content (AvgIpc) is 3.15. The van der Waals surface area contributed by atoms with Crippen molar-refractivity contribution in [3.8, 4) is 0 Å². The Kier molecular flexibility index (Phi) is 4.47. The molecule has 0 N–H and O–H groups in total. The van der Waals surface area contributed by atoms with E-state index in [4.69, 9.17) is 0 Å². The Morgan fingerprint density at radius 1 is 1.35 bits per heavy atom. The normalized spacial score (nSPS) is 19.3. The van der Waals surface area contributed by atoms with Gasteiger partial charge in [-0.15, -0.1) is 0 Å².